The van der Waals surface area contributed by atoms with Gasteiger partial charge in [-0.1, -0.05) is 27.2 Å². The molecule has 5 heteroatoms. The minimum atomic E-state index is -0.317. The first-order valence-electron chi connectivity index (χ1n) is 8.21. The molecule has 0 spiro atoms. The van der Waals surface area contributed by atoms with Crippen LogP contribution in [0.15, 0.2) is 0 Å². The summed E-state index contributed by atoms with van der Waals surface area (Å²) in [4.78, 5) is 26.3. The third kappa shape index (κ3) is 4.43. The number of piperidine rings is 2. The third-order valence-corrected chi connectivity index (χ3v) is 4.40. The van der Waals surface area contributed by atoms with Gasteiger partial charge in [0.1, 0.15) is 0 Å². The Hall–Kier alpha value is -1.10. The fourth-order valence-electron chi connectivity index (χ4n) is 3.08. The third-order valence-electron chi connectivity index (χ3n) is 4.40. The van der Waals surface area contributed by atoms with E-state index in [-0.39, 0.29) is 29.3 Å². The van der Waals surface area contributed by atoms with Crippen LogP contribution in [0.2, 0.25) is 0 Å². The molecule has 0 bridgehead atoms. The molecule has 120 valence electrons. The van der Waals surface area contributed by atoms with Gasteiger partial charge in [0, 0.05) is 24.5 Å². The van der Waals surface area contributed by atoms with Crippen molar-refractivity contribution < 1.29 is 9.59 Å². The quantitative estimate of drug-likeness (QED) is 0.807. The Morgan fingerprint density at radius 3 is 2.29 bits per heavy atom. The maximum absolute atomic E-state index is 12.2. The molecule has 5 nitrogen and oxygen atoms in total. The first kappa shape index (κ1) is 16.3. The van der Waals surface area contributed by atoms with Crippen molar-refractivity contribution in [3.8, 4) is 0 Å². The van der Waals surface area contributed by atoms with Crippen LogP contribution in [0.4, 0.5) is 0 Å². The van der Waals surface area contributed by atoms with Crippen molar-refractivity contribution in [3.63, 3.8) is 0 Å². The van der Waals surface area contributed by atoms with Gasteiger partial charge in [0.25, 0.3) is 0 Å². The van der Waals surface area contributed by atoms with E-state index in [1.807, 2.05) is 25.7 Å². The van der Waals surface area contributed by atoms with E-state index in [9.17, 15) is 9.59 Å². The zero-order valence-electron chi connectivity index (χ0n) is 13.6. The molecule has 0 unspecified atom stereocenters. The summed E-state index contributed by atoms with van der Waals surface area (Å²) in [5.41, 5.74) is -0.317. The summed E-state index contributed by atoms with van der Waals surface area (Å²) in [6.45, 7) is 8.31. The van der Waals surface area contributed by atoms with Gasteiger partial charge in [-0.15, -0.1) is 0 Å². The molecule has 0 radical (unpaired) electrons. The Morgan fingerprint density at radius 2 is 1.76 bits per heavy atom. The smallest absolute Gasteiger partial charge is 0.237 e. The van der Waals surface area contributed by atoms with Crippen LogP contribution in [0.1, 0.15) is 52.9 Å². The molecule has 2 aliphatic rings. The van der Waals surface area contributed by atoms with Crippen molar-refractivity contribution in [2.75, 3.05) is 19.6 Å². The number of nitrogens with zero attached hydrogens (tertiary/aromatic N) is 1. The SMILES string of the molecule is CC(C)(C)C(=O)N1CCC(NC(=O)[C@@H]2CCCCN2)CC1. The molecular weight excluding hydrogens is 266 g/mol. The molecule has 0 saturated carbocycles. The van der Waals surface area contributed by atoms with Crippen molar-refractivity contribution in [3.05, 3.63) is 0 Å². The number of carbonyl (C=O) groups is 2. The standard InChI is InChI=1S/C16H29N3O2/c1-16(2,3)15(21)19-10-7-12(8-11-19)18-14(20)13-6-4-5-9-17-13/h12-13,17H,4-11H2,1-3H3,(H,18,20)/t13-/m0/s1. The minimum Gasteiger partial charge on any atom is -0.352 e. The van der Waals surface area contributed by atoms with Crippen LogP contribution in [0, 0.1) is 5.41 Å². The molecule has 0 aromatic heterocycles. The Balaban J connectivity index is 1.76. The maximum atomic E-state index is 12.2. The van der Waals surface area contributed by atoms with Gasteiger partial charge in [-0.3, -0.25) is 9.59 Å². The molecule has 0 aromatic carbocycles. The lowest BCUT2D eigenvalue weighted by Crippen LogP contribution is -2.53. The van der Waals surface area contributed by atoms with E-state index in [1.54, 1.807) is 0 Å². The van der Waals surface area contributed by atoms with E-state index in [4.69, 9.17) is 0 Å². The van der Waals surface area contributed by atoms with E-state index in [2.05, 4.69) is 10.6 Å². The Kier molecular flexibility index (Phi) is 5.25. The number of nitrogens with one attached hydrogen (secondary N) is 2. The maximum Gasteiger partial charge on any atom is 0.237 e. The second-order valence-corrected chi connectivity index (χ2v) is 7.33. The Morgan fingerprint density at radius 1 is 1.10 bits per heavy atom. The molecule has 21 heavy (non-hydrogen) atoms. The average Bonchev–Trinajstić information content (AvgIpc) is 2.47. The lowest BCUT2D eigenvalue weighted by molar-refractivity contribution is -0.140. The van der Waals surface area contributed by atoms with Gasteiger partial charge in [0.15, 0.2) is 0 Å². The summed E-state index contributed by atoms with van der Waals surface area (Å²) in [5.74, 6) is 0.344. The van der Waals surface area contributed by atoms with E-state index >= 15 is 0 Å². The van der Waals surface area contributed by atoms with Gasteiger partial charge in [-0.05, 0) is 32.2 Å². The summed E-state index contributed by atoms with van der Waals surface area (Å²) >= 11 is 0. The number of hydrogen-bond acceptors (Lipinski definition) is 3. The lowest BCUT2D eigenvalue weighted by atomic mass is 9.93. The molecule has 2 saturated heterocycles. The van der Waals surface area contributed by atoms with Crippen LogP contribution in [0.5, 0.6) is 0 Å². The van der Waals surface area contributed by atoms with Crippen LogP contribution >= 0.6 is 0 Å². The highest BCUT2D eigenvalue weighted by Crippen LogP contribution is 2.21. The predicted molar refractivity (Wildman–Crippen MR) is 82.8 cm³/mol. The molecule has 0 aliphatic carbocycles. The van der Waals surface area contributed by atoms with Crippen molar-refractivity contribution in [2.24, 2.45) is 5.41 Å². The molecule has 0 aromatic rings. The molecule has 2 amide bonds. The van der Waals surface area contributed by atoms with Gasteiger partial charge >= 0.3 is 0 Å². The van der Waals surface area contributed by atoms with Crippen molar-refractivity contribution in [2.45, 2.75) is 65.0 Å². The second-order valence-electron chi connectivity index (χ2n) is 7.33. The fourth-order valence-corrected chi connectivity index (χ4v) is 3.08. The molecule has 2 aliphatic heterocycles. The van der Waals surface area contributed by atoms with Gasteiger partial charge in [-0.2, -0.15) is 0 Å². The summed E-state index contributed by atoms with van der Waals surface area (Å²) in [6.07, 6.45) is 4.95. The number of hydrogen-bond donors (Lipinski definition) is 2. The molecule has 2 heterocycles. The van der Waals surface area contributed by atoms with Crippen LogP contribution in [-0.2, 0) is 9.59 Å². The lowest BCUT2D eigenvalue weighted by Gasteiger charge is -2.36. The zero-order valence-corrected chi connectivity index (χ0v) is 13.6. The van der Waals surface area contributed by atoms with Gasteiger partial charge in [-0.25, -0.2) is 0 Å². The highest BCUT2D eigenvalue weighted by Gasteiger charge is 2.31. The van der Waals surface area contributed by atoms with Crippen LogP contribution in [0.3, 0.4) is 0 Å². The summed E-state index contributed by atoms with van der Waals surface area (Å²) in [6, 6.07) is 0.193. The van der Waals surface area contributed by atoms with E-state index in [1.165, 1.54) is 0 Å². The first-order valence-corrected chi connectivity index (χ1v) is 8.21. The van der Waals surface area contributed by atoms with Crippen LogP contribution < -0.4 is 10.6 Å². The molecule has 2 fully saturated rings. The van der Waals surface area contributed by atoms with E-state index < -0.39 is 0 Å². The largest absolute Gasteiger partial charge is 0.352 e. The Labute approximate surface area is 127 Å². The number of amides is 2. The normalized spacial score (nSPS) is 24.7. The van der Waals surface area contributed by atoms with E-state index in [0.717, 1.165) is 51.7 Å². The van der Waals surface area contributed by atoms with Crippen molar-refractivity contribution in [1.29, 1.82) is 0 Å². The first-order chi connectivity index (χ1) is 9.88. The van der Waals surface area contributed by atoms with Gasteiger partial charge in [0.2, 0.25) is 11.8 Å². The number of rotatable bonds is 2. The number of carbonyl (C=O) groups excluding carboxylic acids is 2. The van der Waals surface area contributed by atoms with Crippen LogP contribution in [0.25, 0.3) is 0 Å². The molecule has 1 atom stereocenters. The molecular formula is C16H29N3O2. The monoisotopic (exact) mass is 295 g/mol. The topological polar surface area (TPSA) is 61.4 Å². The predicted octanol–water partition coefficient (Wildman–Crippen LogP) is 1.28. The summed E-state index contributed by atoms with van der Waals surface area (Å²) in [7, 11) is 0. The number of likely N-dealkylation sites (tertiary alicyclic amines) is 1. The summed E-state index contributed by atoms with van der Waals surface area (Å²) in [5, 5.41) is 6.43. The van der Waals surface area contributed by atoms with Crippen LogP contribution in [-0.4, -0.2) is 48.4 Å². The van der Waals surface area contributed by atoms with Crippen molar-refractivity contribution >= 4 is 11.8 Å². The van der Waals surface area contributed by atoms with Crippen molar-refractivity contribution in [1.82, 2.24) is 15.5 Å². The highest BCUT2D eigenvalue weighted by atomic mass is 16.2. The summed E-state index contributed by atoms with van der Waals surface area (Å²) < 4.78 is 0. The second kappa shape index (κ2) is 6.77. The highest BCUT2D eigenvalue weighted by molar-refractivity contribution is 5.82. The molecule has 2 rings (SSSR count). The fraction of sp³-hybridized carbons (Fsp3) is 0.875. The van der Waals surface area contributed by atoms with Gasteiger partial charge < -0.3 is 15.5 Å². The molecule has 2 N–H and O–H groups in total. The van der Waals surface area contributed by atoms with Gasteiger partial charge in [0.05, 0.1) is 6.04 Å². The average molecular weight is 295 g/mol. The minimum absolute atomic E-state index is 0.0204. The zero-order chi connectivity index (χ0) is 15.5. The Bertz CT molecular complexity index is 375. The van der Waals surface area contributed by atoms with E-state index in [0.29, 0.717) is 0 Å².